The van der Waals surface area contributed by atoms with Crippen molar-refractivity contribution >= 4 is 0 Å². The van der Waals surface area contributed by atoms with Gasteiger partial charge in [-0.2, -0.15) is 0 Å². The van der Waals surface area contributed by atoms with E-state index in [9.17, 15) is 0 Å². The second-order valence-corrected chi connectivity index (χ2v) is 2.59. The Morgan fingerprint density at radius 3 is 3.23 bits per heavy atom. The van der Waals surface area contributed by atoms with Crippen LogP contribution < -0.4 is 0 Å². The molecule has 0 unspecified atom stereocenters. The molecule has 0 spiro atoms. The summed E-state index contributed by atoms with van der Waals surface area (Å²) in [6.07, 6.45) is -0.142. The molecule has 0 saturated carbocycles. The first-order valence-corrected chi connectivity index (χ1v) is 4.01. The molecule has 0 aromatic heterocycles. The van der Waals surface area contributed by atoms with Gasteiger partial charge in [-0.1, -0.05) is 11.0 Å². The Morgan fingerprint density at radius 1 is 1.69 bits per heavy atom. The number of rotatable bonds is 3. The van der Waals surface area contributed by atoms with E-state index in [0.717, 1.165) is 0 Å². The summed E-state index contributed by atoms with van der Waals surface area (Å²) in [6, 6.07) is -0.205. The largest absolute Gasteiger partial charge is 0.378 e. The zero-order chi connectivity index (χ0) is 9.52. The van der Waals surface area contributed by atoms with Gasteiger partial charge < -0.3 is 9.47 Å². The van der Waals surface area contributed by atoms with Crippen LogP contribution in [0.1, 0.15) is 6.92 Å². The van der Waals surface area contributed by atoms with Crippen molar-refractivity contribution in [3.8, 4) is 11.8 Å². The van der Waals surface area contributed by atoms with Gasteiger partial charge in [-0.05, 0) is 12.5 Å². The van der Waals surface area contributed by atoms with Crippen molar-refractivity contribution in [3.05, 3.63) is 10.4 Å². The molecular weight excluding hydrogens is 170 g/mol. The Bertz CT molecular complexity index is 262. The van der Waals surface area contributed by atoms with Gasteiger partial charge in [0.2, 0.25) is 0 Å². The maximum absolute atomic E-state index is 8.24. The standard InChI is InChI=1S/C8H11N3O2/c1-2-3-4-13-8-6-12-5-7(8)10-11-9/h7-8H,4-6H2,1H3/t7-,8-/m1/s1. The van der Waals surface area contributed by atoms with Crippen molar-refractivity contribution in [1.29, 1.82) is 0 Å². The predicted molar refractivity (Wildman–Crippen MR) is 46.9 cm³/mol. The molecule has 5 nitrogen and oxygen atoms in total. The number of hydrogen-bond donors (Lipinski definition) is 0. The highest BCUT2D eigenvalue weighted by molar-refractivity contribution is 4.96. The van der Waals surface area contributed by atoms with Gasteiger partial charge in [-0.15, -0.1) is 5.92 Å². The van der Waals surface area contributed by atoms with E-state index in [2.05, 4.69) is 21.9 Å². The minimum absolute atomic E-state index is 0.142. The fraction of sp³-hybridized carbons (Fsp3) is 0.750. The minimum atomic E-state index is -0.205. The molecule has 0 N–H and O–H groups in total. The normalized spacial score (nSPS) is 25.9. The van der Waals surface area contributed by atoms with Gasteiger partial charge >= 0.3 is 0 Å². The van der Waals surface area contributed by atoms with Crippen LogP contribution in [0, 0.1) is 11.8 Å². The summed E-state index contributed by atoms with van der Waals surface area (Å²) in [5, 5.41) is 3.57. The molecule has 1 aliphatic rings. The molecule has 1 fully saturated rings. The Kier molecular flexibility index (Phi) is 4.13. The SMILES string of the molecule is CC#CCO[C@@H]1COC[C@H]1N=[N+]=[N-]. The summed E-state index contributed by atoms with van der Waals surface area (Å²) in [5.74, 6) is 5.49. The summed E-state index contributed by atoms with van der Waals surface area (Å²) in [7, 11) is 0. The molecule has 1 saturated heterocycles. The van der Waals surface area contributed by atoms with Gasteiger partial charge in [-0.3, -0.25) is 0 Å². The maximum atomic E-state index is 8.24. The minimum Gasteiger partial charge on any atom is -0.378 e. The molecule has 0 amide bonds. The van der Waals surface area contributed by atoms with E-state index in [-0.39, 0.29) is 12.1 Å². The fourth-order valence-electron chi connectivity index (χ4n) is 1.08. The molecule has 0 aliphatic carbocycles. The van der Waals surface area contributed by atoms with Gasteiger partial charge in [0.05, 0.1) is 25.4 Å². The molecule has 1 rings (SSSR count). The van der Waals surface area contributed by atoms with Crippen LogP contribution in [-0.2, 0) is 9.47 Å². The Morgan fingerprint density at radius 2 is 2.54 bits per heavy atom. The zero-order valence-electron chi connectivity index (χ0n) is 7.43. The highest BCUT2D eigenvalue weighted by atomic mass is 16.5. The average molecular weight is 181 g/mol. The monoisotopic (exact) mass is 181 g/mol. The second-order valence-electron chi connectivity index (χ2n) is 2.59. The van der Waals surface area contributed by atoms with E-state index >= 15 is 0 Å². The lowest BCUT2D eigenvalue weighted by Crippen LogP contribution is -2.25. The van der Waals surface area contributed by atoms with E-state index in [1.165, 1.54) is 0 Å². The number of nitrogens with zero attached hydrogens (tertiary/aromatic N) is 3. The van der Waals surface area contributed by atoms with Gasteiger partial charge in [-0.25, -0.2) is 0 Å². The van der Waals surface area contributed by atoms with E-state index in [1.807, 2.05) is 0 Å². The Labute approximate surface area is 76.6 Å². The molecule has 1 aliphatic heterocycles. The van der Waals surface area contributed by atoms with Crippen LogP contribution in [0.5, 0.6) is 0 Å². The third kappa shape index (κ3) is 2.96. The molecule has 0 aromatic carbocycles. The van der Waals surface area contributed by atoms with Crippen molar-refractivity contribution < 1.29 is 9.47 Å². The molecule has 2 atom stereocenters. The molecule has 13 heavy (non-hydrogen) atoms. The lowest BCUT2D eigenvalue weighted by atomic mass is 10.2. The first-order valence-electron chi connectivity index (χ1n) is 4.01. The van der Waals surface area contributed by atoms with E-state index in [1.54, 1.807) is 6.92 Å². The topological polar surface area (TPSA) is 67.2 Å². The van der Waals surface area contributed by atoms with Crippen molar-refractivity contribution in [2.45, 2.75) is 19.1 Å². The summed E-state index contributed by atoms with van der Waals surface area (Å²) >= 11 is 0. The van der Waals surface area contributed by atoms with Crippen molar-refractivity contribution in [3.63, 3.8) is 0 Å². The summed E-state index contributed by atoms with van der Waals surface area (Å²) in [4.78, 5) is 2.73. The third-order valence-corrected chi connectivity index (χ3v) is 1.75. The molecule has 5 heteroatoms. The number of ether oxygens (including phenoxy) is 2. The smallest absolute Gasteiger partial charge is 0.108 e. The summed E-state index contributed by atoms with van der Waals surface area (Å²) in [5.41, 5.74) is 8.24. The van der Waals surface area contributed by atoms with Crippen LogP contribution in [-0.4, -0.2) is 32.0 Å². The van der Waals surface area contributed by atoms with Crippen molar-refractivity contribution in [2.75, 3.05) is 19.8 Å². The maximum Gasteiger partial charge on any atom is 0.108 e. The first-order chi connectivity index (χ1) is 6.38. The van der Waals surface area contributed by atoms with E-state index < -0.39 is 0 Å². The van der Waals surface area contributed by atoms with Crippen LogP contribution in [0.4, 0.5) is 0 Å². The van der Waals surface area contributed by atoms with Gasteiger partial charge in [0.25, 0.3) is 0 Å². The van der Waals surface area contributed by atoms with E-state index in [0.29, 0.717) is 19.8 Å². The number of azide groups is 1. The van der Waals surface area contributed by atoms with Crippen LogP contribution in [0.15, 0.2) is 5.11 Å². The second kappa shape index (κ2) is 5.44. The van der Waals surface area contributed by atoms with Crippen molar-refractivity contribution in [1.82, 2.24) is 0 Å². The molecule has 0 radical (unpaired) electrons. The van der Waals surface area contributed by atoms with Crippen molar-refractivity contribution in [2.24, 2.45) is 5.11 Å². The zero-order valence-corrected chi connectivity index (χ0v) is 7.43. The van der Waals surface area contributed by atoms with E-state index in [4.69, 9.17) is 15.0 Å². The van der Waals surface area contributed by atoms with Crippen LogP contribution in [0.3, 0.4) is 0 Å². The molecule has 0 bridgehead atoms. The van der Waals surface area contributed by atoms with Crippen LogP contribution >= 0.6 is 0 Å². The quantitative estimate of drug-likeness (QED) is 0.283. The third-order valence-electron chi connectivity index (χ3n) is 1.75. The molecule has 0 aromatic rings. The lowest BCUT2D eigenvalue weighted by Gasteiger charge is -2.11. The molecular formula is C8H11N3O2. The summed E-state index contributed by atoms with van der Waals surface area (Å²) < 4.78 is 10.5. The Balaban J connectivity index is 2.37. The number of hydrogen-bond acceptors (Lipinski definition) is 3. The summed E-state index contributed by atoms with van der Waals surface area (Å²) in [6.45, 7) is 3.03. The Hall–Kier alpha value is -1.21. The molecule has 70 valence electrons. The average Bonchev–Trinajstić information content (AvgIpc) is 2.54. The lowest BCUT2D eigenvalue weighted by molar-refractivity contribution is 0.0582. The van der Waals surface area contributed by atoms with Gasteiger partial charge in [0.1, 0.15) is 6.61 Å². The van der Waals surface area contributed by atoms with Gasteiger partial charge in [0.15, 0.2) is 0 Å². The van der Waals surface area contributed by atoms with Gasteiger partial charge in [0, 0.05) is 4.91 Å². The predicted octanol–water partition coefficient (Wildman–Crippen LogP) is 1.10. The molecule has 1 heterocycles. The first kappa shape index (κ1) is 9.87. The van der Waals surface area contributed by atoms with Crippen LogP contribution in [0.2, 0.25) is 0 Å². The highest BCUT2D eigenvalue weighted by Crippen LogP contribution is 2.13. The highest BCUT2D eigenvalue weighted by Gasteiger charge is 2.27. The fourth-order valence-corrected chi connectivity index (χ4v) is 1.08. The van der Waals surface area contributed by atoms with Crippen LogP contribution in [0.25, 0.3) is 10.4 Å².